The largest absolute Gasteiger partial charge is 0.362 e. The second-order valence-corrected chi connectivity index (χ2v) is 5.26. The maximum Gasteiger partial charge on any atom is 0.0652 e. The van der Waals surface area contributed by atoms with Gasteiger partial charge in [0.25, 0.3) is 0 Å². The topological polar surface area (TPSA) is 31.4 Å². The smallest absolute Gasteiger partial charge is 0.0652 e. The van der Waals surface area contributed by atoms with E-state index in [-0.39, 0.29) is 0 Å². The van der Waals surface area contributed by atoms with Gasteiger partial charge in [0.2, 0.25) is 0 Å². The third-order valence-electron chi connectivity index (χ3n) is 3.50. The lowest BCUT2D eigenvalue weighted by molar-refractivity contribution is 1.09. The Morgan fingerprint density at radius 3 is 1.86 bits per heavy atom. The molecular formula is C19H19N3. The van der Waals surface area contributed by atoms with E-state index >= 15 is 0 Å². The van der Waals surface area contributed by atoms with Crippen LogP contribution in [-0.4, -0.2) is 11.2 Å². The number of H-pyrrole nitrogens is 1. The first kappa shape index (κ1) is 14.1. The van der Waals surface area contributed by atoms with Gasteiger partial charge in [-0.05, 0) is 44.2 Å². The monoisotopic (exact) mass is 289 g/mol. The number of anilines is 2. The number of nitrogens with zero attached hydrogens (tertiary/aromatic N) is 2. The Kier molecular flexibility index (Phi) is 4.05. The molecule has 0 unspecified atom stereocenters. The summed E-state index contributed by atoms with van der Waals surface area (Å²) in [5.74, 6) is 0. The average Bonchev–Trinajstić information content (AvgIpc) is 2.87. The molecule has 2 aromatic carbocycles. The van der Waals surface area contributed by atoms with Crippen molar-refractivity contribution < 1.29 is 0 Å². The number of aryl methyl sites for hydroxylation is 2. The van der Waals surface area contributed by atoms with E-state index in [0.717, 1.165) is 28.3 Å². The molecule has 110 valence electrons. The van der Waals surface area contributed by atoms with Gasteiger partial charge in [0.15, 0.2) is 0 Å². The van der Waals surface area contributed by atoms with Crippen molar-refractivity contribution in [3.05, 3.63) is 83.7 Å². The van der Waals surface area contributed by atoms with Crippen LogP contribution in [0.3, 0.4) is 0 Å². The summed E-state index contributed by atoms with van der Waals surface area (Å²) in [6.07, 6.45) is 1.90. The molecule has 0 aliphatic rings. The van der Waals surface area contributed by atoms with Crippen LogP contribution in [0.15, 0.2) is 71.8 Å². The second kappa shape index (κ2) is 6.31. The number of hydrogen-bond donors (Lipinski definition) is 1. The zero-order valence-electron chi connectivity index (χ0n) is 12.8. The number of rotatable bonds is 4. The van der Waals surface area contributed by atoms with Gasteiger partial charge >= 0.3 is 0 Å². The minimum atomic E-state index is 1.04. The summed E-state index contributed by atoms with van der Waals surface area (Å²) < 4.78 is 0. The first-order valence-corrected chi connectivity index (χ1v) is 7.34. The molecule has 0 saturated carbocycles. The molecule has 1 N–H and O–H groups in total. The SMILES string of the molecule is Cc1cc(/C=N/N(c2ccccc2)c2ccccc2)c(C)[nH]1. The van der Waals surface area contributed by atoms with E-state index in [0.29, 0.717) is 0 Å². The molecule has 0 aliphatic carbocycles. The molecule has 1 aromatic heterocycles. The number of aromatic amines is 1. The Labute approximate surface area is 130 Å². The van der Waals surface area contributed by atoms with Crippen molar-refractivity contribution >= 4 is 17.6 Å². The van der Waals surface area contributed by atoms with Crippen molar-refractivity contribution in [1.82, 2.24) is 4.98 Å². The lowest BCUT2D eigenvalue weighted by Crippen LogP contribution is -2.09. The minimum Gasteiger partial charge on any atom is -0.362 e. The zero-order valence-corrected chi connectivity index (χ0v) is 12.8. The van der Waals surface area contributed by atoms with Gasteiger partial charge in [0.05, 0.1) is 17.6 Å². The van der Waals surface area contributed by atoms with Gasteiger partial charge in [-0.1, -0.05) is 36.4 Å². The molecule has 3 nitrogen and oxygen atoms in total. The number of hydrogen-bond acceptors (Lipinski definition) is 2. The third-order valence-corrected chi connectivity index (χ3v) is 3.50. The number of hydrazone groups is 1. The fourth-order valence-corrected chi connectivity index (χ4v) is 2.42. The summed E-state index contributed by atoms with van der Waals surface area (Å²) in [6.45, 7) is 4.11. The van der Waals surface area contributed by atoms with Gasteiger partial charge < -0.3 is 4.98 Å². The molecule has 0 aliphatic heterocycles. The first-order chi connectivity index (χ1) is 10.7. The molecule has 0 saturated heterocycles. The standard InChI is InChI=1S/C19H19N3/c1-15-13-17(16(2)21-15)14-20-22(18-9-5-3-6-10-18)19-11-7-4-8-12-19/h3-14,21H,1-2H3/b20-14+. The van der Waals surface area contributed by atoms with E-state index < -0.39 is 0 Å². The quantitative estimate of drug-likeness (QED) is 0.542. The predicted octanol–water partition coefficient (Wildman–Crippen LogP) is 4.80. The molecule has 22 heavy (non-hydrogen) atoms. The average molecular weight is 289 g/mol. The molecule has 0 bridgehead atoms. The van der Waals surface area contributed by atoms with E-state index in [1.165, 1.54) is 0 Å². The van der Waals surface area contributed by atoms with Crippen LogP contribution in [0.5, 0.6) is 0 Å². The lowest BCUT2D eigenvalue weighted by atomic mass is 10.2. The van der Waals surface area contributed by atoms with Crippen LogP contribution in [0.25, 0.3) is 0 Å². The molecule has 3 heteroatoms. The fourth-order valence-electron chi connectivity index (χ4n) is 2.42. The van der Waals surface area contributed by atoms with Crippen LogP contribution < -0.4 is 5.01 Å². The van der Waals surface area contributed by atoms with Crippen molar-refractivity contribution in [3.63, 3.8) is 0 Å². The summed E-state index contributed by atoms with van der Waals surface area (Å²) >= 11 is 0. The Bertz CT molecular complexity index is 718. The Morgan fingerprint density at radius 2 is 1.41 bits per heavy atom. The van der Waals surface area contributed by atoms with E-state index in [2.05, 4.69) is 49.2 Å². The number of benzene rings is 2. The number of aromatic nitrogens is 1. The van der Waals surface area contributed by atoms with Gasteiger partial charge in [-0.25, -0.2) is 5.01 Å². The predicted molar refractivity (Wildman–Crippen MR) is 92.9 cm³/mol. The molecule has 3 rings (SSSR count). The highest BCUT2D eigenvalue weighted by molar-refractivity contribution is 5.83. The van der Waals surface area contributed by atoms with Gasteiger partial charge in [-0.15, -0.1) is 0 Å². The van der Waals surface area contributed by atoms with Crippen LogP contribution in [-0.2, 0) is 0 Å². The maximum absolute atomic E-state index is 4.70. The first-order valence-electron chi connectivity index (χ1n) is 7.34. The summed E-state index contributed by atoms with van der Waals surface area (Å²) in [4.78, 5) is 3.30. The molecule has 3 aromatic rings. The van der Waals surface area contributed by atoms with Crippen LogP contribution in [0.1, 0.15) is 17.0 Å². The van der Waals surface area contributed by atoms with Crippen LogP contribution in [0.4, 0.5) is 11.4 Å². The van der Waals surface area contributed by atoms with E-state index in [4.69, 9.17) is 5.10 Å². The van der Waals surface area contributed by atoms with Crippen LogP contribution in [0.2, 0.25) is 0 Å². The third kappa shape index (κ3) is 3.09. The molecular weight excluding hydrogens is 270 g/mol. The summed E-state index contributed by atoms with van der Waals surface area (Å²) in [7, 11) is 0. The highest BCUT2D eigenvalue weighted by atomic mass is 15.5. The Hall–Kier alpha value is -2.81. The van der Waals surface area contributed by atoms with Crippen LogP contribution in [0, 0.1) is 13.8 Å². The molecule has 0 radical (unpaired) electrons. The molecule has 0 amide bonds. The van der Waals surface area contributed by atoms with Gasteiger partial charge in [0.1, 0.15) is 0 Å². The highest BCUT2D eigenvalue weighted by Gasteiger charge is 2.07. The van der Waals surface area contributed by atoms with Gasteiger partial charge in [-0.2, -0.15) is 5.10 Å². The highest BCUT2D eigenvalue weighted by Crippen LogP contribution is 2.25. The van der Waals surface area contributed by atoms with E-state index in [1.807, 2.05) is 47.6 Å². The maximum atomic E-state index is 4.70. The van der Waals surface area contributed by atoms with E-state index in [9.17, 15) is 0 Å². The van der Waals surface area contributed by atoms with Crippen molar-refractivity contribution in [2.75, 3.05) is 5.01 Å². The number of nitrogens with one attached hydrogen (secondary N) is 1. The molecule has 0 fully saturated rings. The number of para-hydroxylation sites is 2. The fraction of sp³-hybridized carbons (Fsp3) is 0.105. The summed E-state index contributed by atoms with van der Waals surface area (Å²) in [5, 5.41) is 6.64. The van der Waals surface area contributed by atoms with Gasteiger partial charge in [0, 0.05) is 17.0 Å². The van der Waals surface area contributed by atoms with Gasteiger partial charge in [-0.3, -0.25) is 0 Å². The summed E-state index contributed by atoms with van der Waals surface area (Å²) in [5.41, 5.74) is 5.45. The molecule has 0 spiro atoms. The van der Waals surface area contributed by atoms with E-state index in [1.54, 1.807) is 0 Å². The Morgan fingerprint density at radius 1 is 0.864 bits per heavy atom. The molecule has 1 heterocycles. The van der Waals surface area contributed by atoms with Crippen molar-refractivity contribution in [3.8, 4) is 0 Å². The Balaban J connectivity index is 1.98. The van der Waals surface area contributed by atoms with Crippen molar-refractivity contribution in [2.45, 2.75) is 13.8 Å². The molecule has 0 atom stereocenters. The zero-order chi connectivity index (χ0) is 15.4. The van der Waals surface area contributed by atoms with Crippen molar-refractivity contribution in [2.24, 2.45) is 5.10 Å². The minimum absolute atomic E-state index is 1.04. The van der Waals surface area contributed by atoms with Crippen LogP contribution >= 0.6 is 0 Å². The van der Waals surface area contributed by atoms with Crippen molar-refractivity contribution in [1.29, 1.82) is 0 Å². The second-order valence-electron chi connectivity index (χ2n) is 5.26. The lowest BCUT2D eigenvalue weighted by Gasteiger charge is -2.19. The summed E-state index contributed by atoms with van der Waals surface area (Å²) in [6, 6.07) is 22.4. The normalized spacial score (nSPS) is 11.0.